The molecule has 1 fully saturated rings. The highest BCUT2D eigenvalue weighted by Gasteiger charge is 2.18. The van der Waals surface area contributed by atoms with Crippen molar-refractivity contribution in [3.05, 3.63) is 52.3 Å². The van der Waals surface area contributed by atoms with Crippen LogP contribution in [0.5, 0.6) is 0 Å². The number of anilines is 2. The third kappa shape index (κ3) is 4.13. The van der Waals surface area contributed by atoms with Gasteiger partial charge in [-0.2, -0.15) is 0 Å². The van der Waals surface area contributed by atoms with Crippen LogP contribution < -0.4 is 10.2 Å². The van der Waals surface area contributed by atoms with Crippen molar-refractivity contribution in [3.63, 3.8) is 0 Å². The van der Waals surface area contributed by atoms with E-state index in [-0.39, 0.29) is 5.91 Å². The third-order valence-corrected chi connectivity index (χ3v) is 4.98. The number of hydrogen-bond acceptors (Lipinski definition) is 3. The summed E-state index contributed by atoms with van der Waals surface area (Å²) in [6, 6.07) is 5.77. The second kappa shape index (κ2) is 7.44. The maximum atomic E-state index is 12.7. The SMILES string of the molecule is Cc1cc(C)c(NC(=O)c2cncc(N3CCCC(C)C3)c2)c(Cl)c1. The van der Waals surface area contributed by atoms with Crippen molar-refractivity contribution in [2.45, 2.75) is 33.6 Å². The summed E-state index contributed by atoms with van der Waals surface area (Å²) in [5.41, 5.74) is 4.24. The Bertz CT molecular complexity index is 767. The lowest BCUT2D eigenvalue weighted by Crippen LogP contribution is -2.34. The maximum absolute atomic E-state index is 12.7. The van der Waals surface area contributed by atoms with Crippen molar-refractivity contribution >= 4 is 28.9 Å². The van der Waals surface area contributed by atoms with Gasteiger partial charge in [-0.15, -0.1) is 0 Å². The molecule has 1 aromatic carbocycles. The fourth-order valence-electron chi connectivity index (χ4n) is 3.41. The van der Waals surface area contributed by atoms with Gasteiger partial charge in [0, 0.05) is 19.3 Å². The average Bonchev–Trinajstić information content (AvgIpc) is 2.58. The van der Waals surface area contributed by atoms with Gasteiger partial charge in [-0.3, -0.25) is 9.78 Å². The first-order valence-electron chi connectivity index (χ1n) is 8.72. The normalized spacial score (nSPS) is 17.4. The van der Waals surface area contributed by atoms with Gasteiger partial charge in [0.1, 0.15) is 0 Å². The first-order chi connectivity index (χ1) is 11.9. The van der Waals surface area contributed by atoms with Crippen molar-refractivity contribution < 1.29 is 4.79 Å². The molecule has 1 aliphatic heterocycles. The van der Waals surface area contributed by atoms with Crippen LogP contribution in [0.3, 0.4) is 0 Å². The molecule has 5 heteroatoms. The Morgan fingerprint density at radius 2 is 2.08 bits per heavy atom. The highest BCUT2D eigenvalue weighted by Crippen LogP contribution is 2.28. The van der Waals surface area contributed by atoms with Crippen LogP contribution >= 0.6 is 11.6 Å². The van der Waals surface area contributed by atoms with Crippen LogP contribution in [0.15, 0.2) is 30.6 Å². The number of carbonyl (C=O) groups excluding carboxylic acids is 1. The smallest absolute Gasteiger partial charge is 0.257 e. The molecular weight excluding hydrogens is 334 g/mol. The van der Waals surface area contributed by atoms with Crippen LogP contribution in [-0.4, -0.2) is 24.0 Å². The number of halogens is 1. The van der Waals surface area contributed by atoms with Crippen LogP contribution in [0.2, 0.25) is 5.02 Å². The lowest BCUT2D eigenvalue weighted by atomic mass is 10.00. The minimum Gasteiger partial charge on any atom is -0.370 e. The molecule has 2 aromatic rings. The topological polar surface area (TPSA) is 45.2 Å². The molecule has 132 valence electrons. The summed E-state index contributed by atoms with van der Waals surface area (Å²) in [5, 5.41) is 3.49. The van der Waals surface area contributed by atoms with Crippen LogP contribution in [-0.2, 0) is 0 Å². The molecule has 1 aliphatic rings. The van der Waals surface area contributed by atoms with Crippen molar-refractivity contribution in [1.29, 1.82) is 0 Å². The van der Waals surface area contributed by atoms with Gasteiger partial charge in [0.2, 0.25) is 0 Å². The predicted octanol–water partition coefficient (Wildman–Crippen LogP) is 4.84. The van der Waals surface area contributed by atoms with Gasteiger partial charge in [0.05, 0.1) is 28.2 Å². The Balaban J connectivity index is 1.80. The number of hydrogen-bond donors (Lipinski definition) is 1. The largest absolute Gasteiger partial charge is 0.370 e. The molecule has 1 amide bonds. The quantitative estimate of drug-likeness (QED) is 0.854. The summed E-state index contributed by atoms with van der Waals surface area (Å²) >= 11 is 6.30. The van der Waals surface area contributed by atoms with Gasteiger partial charge in [-0.05, 0) is 55.9 Å². The van der Waals surface area contributed by atoms with Crippen molar-refractivity contribution in [3.8, 4) is 0 Å². The van der Waals surface area contributed by atoms with Crippen LogP contribution in [0, 0.1) is 19.8 Å². The number of pyridine rings is 1. The van der Waals surface area contributed by atoms with Crippen molar-refractivity contribution in [1.82, 2.24) is 4.98 Å². The number of nitrogens with zero attached hydrogens (tertiary/aromatic N) is 2. The molecule has 2 heterocycles. The van der Waals surface area contributed by atoms with Crippen LogP contribution in [0.4, 0.5) is 11.4 Å². The average molecular weight is 358 g/mol. The molecular formula is C20H24ClN3O. The van der Waals surface area contributed by atoms with E-state index in [1.165, 1.54) is 12.8 Å². The molecule has 0 radical (unpaired) electrons. The minimum atomic E-state index is -0.187. The zero-order valence-electron chi connectivity index (χ0n) is 15.0. The molecule has 3 rings (SSSR count). The first kappa shape index (κ1) is 17.7. The lowest BCUT2D eigenvalue weighted by Gasteiger charge is -2.32. The van der Waals surface area contributed by atoms with E-state index in [4.69, 9.17) is 11.6 Å². The second-order valence-corrected chi connectivity index (χ2v) is 7.43. The van der Waals surface area contributed by atoms with E-state index < -0.39 is 0 Å². The first-order valence-corrected chi connectivity index (χ1v) is 9.10. The summed E-state index contributed by atoms with van der Waals surface area (Å²) in [6.07, 6.45) is 5.87. The monoisotopic (exact) mass is 357 g/mol. The van der Waals surface area contributed by atoms with E-state index in [2.05, 4.69) is 22.1 Å². The number of benzene rings is 1. The van der Waals surface area contributed by atoms with Crippen molar-refractivity contribution in [2.24, 2.45) is 5.92 Å². The molecule has 4 nitrogen and oxygen atoms in total. The Morgan fingerprint density at radius 3 is 2.80 bits per heavy atom. The Labute approximate surface area is 154 Å². The van der Waals surface area contributed by atoms with Gasteiger partial charge >= 0.3 is 0 Å². The summed E-state index contributed by atoms with van der Waals surface area (Å²) in [5.74, 6) is 0.480. The maximum Gasteiger partial charge on any atom is 0.257 e. The highest BCUT2D eigenvalue weighted by atomic mass is 35.5. The van der Waals surface area contributed by atoms with Crippen LogP contribution in [0.25, 0.3) is 0 Å². The van der Waals surface area contributed by atoms with E-state index in [0.717, 1.165) is 29.9 Å². The molecule has 1 N–H and O–H groups in total. The van der Waals surface area contributed by atoms with E-state index in [1.807, 2.05) is 38.2 Å². The van der Waals surface area contributed by atoms with Crippen molar-refractivity contribution in [2.75, 3.05) is 23.3 Å². The summed E-state index contributed by atoms with van der Waals surface area (Å²) in [7, 11) is 0. The highest BCUT2D eigenvalue weighted by molar-refractivity contribution is 6.34. The van der Waals surface area contributed by atoms with Gasteiger partial charge in [-0.1, -0.05) is 24.6 Å². The molecule has 0 aliphatic carbocycles. The summed E-state index contributed by atoms with van der Waals surface area (Å²) < 4.78 is 0. The summed E-state index contributed by atoms with van der Waals surface area (Å²) in [6.45, 7) is 8.21. The Hall–Kier alpha value is -2.07. The number of aryl methyl sites for hydroxylation is 2. The van der Waals surface area contributed by atoms with Gasteiger partial charge in [0.25, 0.3) is 5.91 Å². The number of nitrogens with one attached hydrogen (secondary N) is 1. The van der Waals surface area contributed by atoms with Gasteiger partial charge in [-0.25, -0.2) is 0 Å². The van der Waals surface area contributed by atoms with E-state index >= 15 is 0 Å². The zero-order valence-corrected chi connectivity index (χ0v) is 15.7. The number of aromatic nitrogens is 1. The molecule has 1 unspecified atom stereocenters. The van der Waals surface area contributed by atoms with E-state index in [9.17, 15) is 4.79 Å². The number of carbonyl (C=O) groups is 1. The Kier molecular flexibility index (Phi) is 5.28. The van der Waals surface area contributed by atoms with Gasteiger partial charge < -0.3 is 10.2 Å². The minimum absolute atomic E-state index is 0.187. The fraction of sp³-hybridized carbons (Fsp3) is 0.400. The second-order valence-electron chi connectivity index (χ2n) is 7.02. The Morgan fingerprint density at radius 1 is 1.28 bits per heavy atom. The molecule has 1 saturated heterocycles. The molecule has 1 aromatic heterocycles. The van der Waals surface area contributed by atoms with E-state index in [1.54, 1.807) is 6.20 Å². The van der Waals surface area contributed by atoms with E-state index in [0.29, 0.717) is 22.2 Å². The van der Waals surface area contributed by atoms with Gasteiger partial charge in [0.15, 0.2) is 0 Å². The number of rotatable bonds is 3. The molecule has 0 saturated carbocycles. The predicted molar refractivity (Wildman–Crippen MR) is 104 cm³/mol. The van der Waals surface area contributed by atoms with Crippen LogP contribution in [0.1, 0.15) is 41.3 Å². The number of piperidine rings is 1. The molecule has 0 spiro atoms. The fourth-order valence-corrected chi connectivity index (χ4v) is 3.78. The third-order valence-electron chi connectivity index (χ3n) is 4.68. The molecule has 0 bridgehead atoms. The molecule has 1 atom stereocenters. The molecule has 25 heavy (non-hydrogen) atoms. The number of amides is 1. The lowest BCUT2D eigenvalue weighted by molar-refractivity contribution is 0.102. The summed E-state index contributed by atoms with van der Waals surface area (Å²) in [4.78, 5) is 19.3. The standard InChI is InChI=1S/C20H24ClN3O/c1-13-5-4-6-24(12-13)17-9-16(10-22-11-17)20(25)23-19-15(3)7-14(2)8-18(19)21/h7-11,13H,4-6,12H2,1-3H3,(H,23,25). The zero-order chi connectivity index (χ0) is 18.0.